The number of carbonyl (C=O) groups excluding carboxylic acids is 3. The van der Waals surface area contributed by atoms with Crippen molar-refractivity contribution in [1.82, 2.24) is 9.80 Å². The smallest absolute Gasteiger partial charge is 0.328 e. The number of ether oxygens (including phenoxy) is 1. The number of esters is 1. The molecule has 2 heterocycles. The number of amides is 2. The van der Waals surface area contributed by atoms with Crippen LogP contribution in [0.5, 0.6) is 0 Å². The third-order valence-electron chi connectivity index (χ3n) is 8.19. The summed E-state index contributed by atoms with van der Waals surface area (Å²) in [6.45, 7) is 2.97. The van der Waals surface area contributed by atoms with Crippen molar-refractivity contribution < 1.29 is 27.9 Å². The van der Waals surface area contributed by atoms with Crippen molar-refractivity contribution in [3.63, 3.8) is 0 Å². The van der Waals surface area contributed by atoms with Crippen molar-refractivity contribution in [1.29, 1.82) is 0 Å². The average molecular weight is 581 g/mol. The number of hydrogen-bond donors (Lipinski definition) is 0. The van der Waals surface area contributed by atoms with Crippen LogP contribution in [0.4, 0.5) is 8.78 Å². The van der Waals surface area contributed by atoms with Crippen molar-refractivity contribution in [3.8, 4) is 11.1 Å². The van der Waals surface area contributed by atoms with Crippen molar-refractivity contribution in [2.75, 3.05) is 26.2 Å². The molecule has 6 nitrogen and oxygen atoms in total. The summed E-state index contributed by atoms with van der Waals surface area (Å²) < 4.78 is 34.6. The Hall–Kier alpha value is -3.78. The lowest BCUT2D eigenvalue weighted by molar-refractivity contribution is -0.152. The second kappa shape index (κ2) is 12.0. The molecule has 1 atom stereocenters. The van der Waals surface area contributed by atoms with Crippen LogP contribution in [0, 0.1) is 17.0 Å². The van der Waals surface area contributed by atoms with E-state index in [4.69, 9.17) is 16.3 Å². The zero-order valence-electron chi connectivity index (χ0n) is 22.7. The molecule has 3 aromatic rings. The second-order valence-corrected chi connectivity index (χ2v) is 11.1. The van der Waals surface area contributed by atoms with E-state index in [1.807, 2.05) is 30.3 Å². The largest absolute Gasteiger partial charge is 0.464 e. The first-order chi connectivity index (χ1) is 19.7. The summed E-state index contributed by atoms with van der Waals surface area (Å²) in [5.41, 5.74) is 1.13. The first-order valence-corrected chi connectivity index (χ1v) is 14.1. The maximum atomic E-state index is 14.9. The summed E-state index contributed by atoms with van der Waals surface area (Å²) in [6.07, 6.45) is 1.24. The quantitative estimate of drug-likeness (QED) is 0.340. The first-order valence-electron chi connectivity index (χ1n) is 13.7. The SMILES string of the molecule is CCOC(=O)C1CC2(CCN(C(=O)c3ccc(-c4ccccc4)c(F)c3)CC2)CN1C(=O)Cc1c(F)cccc1Cl. The molecule has 41 heavy (non-hydrogen) atoms. The molecule has 0 aromatic heterocycles. The van der Waals surface area contributed by atoms with E-state index in [2.05, 4.69) is 0 Å². The van der Waals surface area contributed by atoms with Gasteiger partial charge in [0.2, 0.25) is 5.91 Å². The van der Waals surface area contributed by atoms with Crippen LogP contribution < -0.4 is 0 Å². The number of piperidine rings is 1. The molecule has 2 aliphatic heterocycles. The molecule has 9 heteroatoms. The Bertz CT molecular complexity index is 1440. The maximum Gasteiger partial charge on any atom is 0.328 e. The highest BCUT2D eigenvalue weighted by atomic mass is 35.5. The van der Waals surface area contributed by atoms with Gasteiger partial charge in [-0.2, -0.15) is 0 Å². The first kappa shape index (κ1) is 28.7. The van der Waals surface area contributed by atoms with E-state index >= 15 is 0 Å². The van der Waals surface area contributed by atoms with Gasteiger partial charge in [-0.05, 0) is 61.4 Å². The average Bonchev–Trinajstić information content (AvgIpc) is 3.35. The summed E-state index contributed by atoms with van der Waals surface area (Å²) in [4.78, 5) is 42.7. The zero-order valence-corrected chi connectivity index (χ0v) is 23.5. The Morgan fingerprint density at radius 3 is 2.37 bits per heavy atom. The molecule has 1 unspecified atom stereocenters. The fourth-order valence-electron chi connectivity index (χ4n) is 5.95. The summed E-state index contributed by atoms with van der Waals surface area (Å²) in [6, 6.07) is 17.1. The van der Waals surface area contributed by atoms with Gasteiger partial charge in [0.1, 0.15) is 17.7 Å². The number of carbonyl (C=O) groups is 3. The highest BCUT2D eigenvalue weighted by Gasteiger charge is 2.50. The number of benzene rings is 3. The number of likely N-dealkylation sites (tertiary alicyclic amines) is 2. The molecular weight excluding hydrogens is 550 g/mol. The van der Waals surface area contributed by atoms with Crippen LogP contribution in [0.25, 0.3) is 11.1 Å². The van der Waals surface area contributed by atoms with Gasteiger partial charge in [-0.25, -0.2) is 13.6 Å². The van der Waals surface area contributed by atoms with Gasteiger partial charge in [-0.3, -0.25) is 9.59 Å². The lowest BCUT2D eigenvalue weighted by Crippen LogP contribution is -2.45. The van der Waals surface area contributed by atoms with E-state index in [0.717, 1.165) is 5.56 Å². The topological polar surface area (TPSA) is 66.9 Å². The Kier molecular flexibility index (Phi) is 8.40. The Morgan fingerprint density at radius 2 is 1.71 bits per heavy atom. The summed E-state index contributed by atoms with van der Waals surface area (Å²) in [5, 5.41) is 0.153. The molecule has 2 fully saturated rings. The summed E-state index contributed by atoms with van der Waals surface area (Å²) >= 11 is 6.15. The van der Waals surface area contributed by atoms with Gasteiger partial charge in [0.25, 0.3) is 5.91 Å². The standard InChI is InChI=1S/C32H31ClF2N2O4/c1-2-41-31(40)28-19-32(20-37(28)29(38)18-24-25(33)9-6-10-26(24)34)13-15-36(16-14-32)30(39)22-11-12-23(27(35)17-22)21-7-4-3-5-8-21/h3-12,17,28H,2,13-16,18-20H2,1H3. The lowest BCUT2D eigenvalue weighted by atomic mass is 9.76. The fourth-order valence-corrected chi connectivity index (χ4v) is 6.18. The van der Waals surface area contributed by atoms with Gasteiger partial charge in [0, 0.05) is 41.3 Å². The molecular formula is C32H31ClF2N2O4. The van der Waals surface area contributed by atoms with E-state index in [1.165, 1.54) is 29.2 Å². The van der Waals surface area contributed by atoms with E-state index in [0.29, 0.717) is 44.5 Å². The highest BCUT2D eigenvalue weighted by Crippen LogP contribution is 2.44. The van der Waals surface area contributed by atoms with Crippen molar-refractivity contribution >= 4 is 29.4 Å². The minimum atomic E-state index is -0.796. The molecule has 2 aliphatic rings. The number of hydrogen-bond acceptors (Lipinski definition) is 4. The Balaban J connectivity index is 1.28. The van der Waals surface area contributed by atoms with Crippen LogP contribution in [-0.4, -0.2) is 59.9 Å². The number of nitrogens with zero attached hydrogens (tertiary/aromatic N) is 2. The molecule has 3 aromatic carbocycles. The van der Waals surface area contributed by atoms with Crippen molar-refractivity contribution in [2.24, 2.45) is 5.41 Å². The molecule has 5 rings (SSSR count). The van der Waals surface area contributed by atoms with Gasteiger partial charge >= 0.3 is 5.97 Å². The Labute approximate surface area is 242 Å². The third-order valence-corrected chi connectivity index (χ3v) is 8.54. The molecule has 0 saturated carbocycles. The molecule has 0 aliphatic carbocycles. The van der Waals surface area contributed by atoms with Gasteiger partial charge in [-0.15, -0.1) is 0 Å². The van der Waals surface area contributed by atoms with E-state index in [9.17, 15) is 23.2 Å². The number of rotatable bonds is 6. The van der Waals surface area contributed by atoms with Crippen LogP contribution in [0.2, 0.25) is 5.02 Å². The number of halogens is 3. The molecule has 214 valence electrons. The van der Waals surface area contributed by atoms with Crippen LogP contribution in [-0.2, 0) is 20.7 Å². The molecule has 0 N–H and O–H groups in total. The minimum Gasteiger partial charge on any atom is -0.464 e. The van der Waals surface area contributed by atoms with E-state index in [-0.39, 0.29) is 35.1 Å². The molecule has 0 bridgehead atoms. The molecule has 0 radical (unpaired) electrons. The lowest BCUT2D eigenvalue weighted by Gasteiger charge is -2.39. The van der Waals surface area contributed by atoms with Crippen LogP contribution in [0.3, 0.4) is 0 Å². The third kappa shape index (κ3) is 5.98. The maximum absolute atomic E-state index is 14.9. The summed E-state index contributed by atoms with van der Waals surface area (Å²) in [7, 11) is 0. The van der Waals surface area contributed by atoms with Gasteiger partial charge in [0.15, 0.2) is 0 Å². The van der Waals surface area contributed by atoms with Gasteiger partial charge in [0.05, 0.1) is 13.0 Å². The minimum absolute atomic E-state index is 0.0913. The second-order valence-electron chi connectivity index (χ2n) is 10.7. The van der Waals surface area contributed by atoms with Crippen molar-refractivity contribution in [2.45, 2.75) is 38.6 Å². The monoisotopic (exact) mass is 580 g/mol. The predicted octanol–water partition coefficient (Wildman–Crippen LogP) is 5.91. The van der Waals surface area contributed by atoms with Crippen LogP contribution >= 0.6 is 11.6 Å². The van der Waals surface area contributed by atoms with Crippen LogP contribution in [0.1, 0.15) is 42.1 Å². The predicted molar refractivity (Wildman–Crippen MR) is 151 cm³/mol. The van der Waals surface area contributed by atoms with E-state index < -0.39 is 35.0 Å². The molecule has 2 amide bonds. The summed E-state index contributed by atoms with van der Waals surface area (Å²) in [5.74, 6) is -2.20. The normalized spacial score (nSPS) is 18.0. The zero-order chi connectivity index (χ0) is 29.1. The van der Waals surface area contributed by atoms with E-state index in [1.54, 1.807) is 24.0 Å². The van der Waals surface area contributed by atoms with Gasteiger partial charge in [-0.1, -0.05) is 54.1 Å². The Morgan fingerprint density at radius 1 is 0.976 bits per heavy atom. The molecule has 2 saturated heterocycles. The fraction of sp³-hybridized carbons (Fsp3) is 0.344. The van der Waals surface area contributed by atoms with Gasteiger partial charge < -0.3 is 14.5 Å². The highest BCUT2D eigenvalue weighted by molar-refractivity contribution is 6.31. The molecule has 1 spiro atoms. The van der Waals surface area contributed by atoms with Crippen LogP contribution in [0.15, 0.2) is 66.7 Å². The van der Waals surface area contributed by atoms with Crippen molar-refractivity contribution in [3.05, 3.63) is 94.5 Å².